The summed E-state index contributed by atoms with van der Waals surface area (Å²) >= 11 is 5.89. The van der Waals surface area contributed by atoms with Crippen LogP contribution in [0.25, 0.3) is 0 Å². The van der Waals surface area contributed by atoms with E-state index in [0.29, 0.717) is 34.9 Å². The number of amides is 2. The highest BCUT2D eigenvalue weighted by molar-refractivity contribution is 6.30. The fourth-order valence-electron chi connectivity index (χ4n) is 3.06. The molecule has 0 aliphatic heterocycles. The second kappa shape index (κ2) is 7.80. The number of ether oxygens (including phenoxy) is 1. The second-order valence-electron chi connectivity index (χ2n) is 7.48. The van der Waals surface area contributed by atoms with Gasteiger partial charge < -0.3 is 15.8 Å². The van der Waals surface area contributed by atoms with Gasteiger partial charge in [0.1, 0.15) is 11.7 Å². The Morgan fingerprint density at radius 1 is 1.14 bits per heavy atom. The molecule has 0 unspecified atom stereocenters. The van der Waals surface area contributed by atoms with Gasteiger partial charge in [-0.05, 0) is 61.3 Å². The largest absolute Gasteiger partial charge is 0.477 e. The molecule has 1 aromatic carbocycles. The number of pyridine rings is 1. The molecule has 28 heavy (non-hydrogen) atoms. The SMILES string of the molecule is NC(=O)[C@@H](NC(=O)c1ccc(C2CC2)c(OCC2CC2)n1)c1ccc(Cl)cc1. The van der Waals surface area contributed by atoms with Crippen LogP contribution in [0, 0.1) is 5.92 Å². The summed E-state index contributed by atoms with van der Waals surface area (Å²) in [6, 6.07) is 9.22. The number of rotatable bonds is 8. The number of hydrogen-bond acceptors (Lipinski definition) is 4. The minimum absolute atomic E-state index is 0.204. The van der Waals surface area contributed by atoms with E-state index in [1.54, 1.807) is 30.3 Å². The Kier molecular flexibility index (Phi) is 5.22. The minimum Gasteiger partial charge on any atom is -0.477 e. The Morgan fingerprint density at radius 3 is 2.46 bits per heavy atom. The second-order valence-corrected chi connectivity index (χ2v) is 7.92. The number of benzene rings is 1. The van der Waals surface area contributed by atoms with Gasteiger partial charge in [-0.25, -0.2) is 4.98 Å². The van der Waals surface area contributed by atoms with Crippen LogP contribution in [0.4, 0.5) is 0 Å². The summed E-state index contributed by atoms with van der Waals surface area (Å²) in [6.45, 7) is 0.631. The molecule has 0 radical (unpaired) electrons. The molecule has 0 bridgehead atoms. The maximum atomic E-state index is 12.7. The van der Waals surface area contributed by atoms with Crippen molar-refractivity contribution in [1.29, 1.82) is 0 Å². The highest BCUT2D eigenvalue weighted by Gasteiger charge is 2.30. The number of aromatic nitrogens is 1. The summed E-state index contributed by atoms with van der Waals surface area (Å²) in [4.78, 5) is 29.1. The third kappa shape index (κ3) is 4.44. The van der Waals surface area contributed by atoms with Crippen LogP contribution in [0.1, 0.15) is 59.3 Å². The van der Waals surface area contributed by atoms with Crippen molar-refractivity contribution in [3.05, 3.63) is 58.2 Å². The molecule has 2 amide bonds. The lowest BCUT2D eigenvalue weighted by Gasteiger charge is -2.17. The van der Waals surface area contributed by atoms with Crippen molar-refractivity contribution in [3.63, 3.8) is 0 Å². The molecule has 4 rings (SSSR count). The van der Waals surface area contributed by atoms with Gasteiger partial charge in [0.25, 0.3) is 5.91 Å². The third-order valence-electron chi connectivity index (χ3n) is 5.06. The summed E-state index contributed by atoms with van der Waals surface area (Å²) in [7, 11) is 0. The molecule has 2 aliphatic rings. The van der Waals surface area contributed by atoms with Gasteiger partial charge in [-0.2, -0.15) is 0 Å². The quantitative estimate of drug-likeness (QED) is 0.711. The Morgan fingerprint density at radius 2 is 1.86 bits per heavy atom. The Labute approximate surface area is 168 Å². The Balaban J connectivity index is 1.53. The molecule has 1 atom stereocenters. The van der Waals surface area contributed by atoms with E-state index >= 15 is 0 Å². The van der Waals surface area contributed by atoms with Gasteiger partial charge in [0.05, 0.1) is 6.61 Å². The summed E-state index contributed by atoms with van der Waals surface area (Å²) in [5.41, 5.74) is 7.31. The highest BCUT2D eigenvalue weighted by Crippen LogP contribution is 2.44. The van der Waals surface area contributed by atoms with Crippen LogP contribution in [0.15, 0.2) is 36.4 Å². The van der Waals surface area contributed by atoms with Crippen molar-refractivity contribution >= 4 is 23.4 Å². The molecule has 2 fully saturated rings. The van der Waals surface area contributed by atoms with Crippen LogP contribution in [-0.2, 0) is 4.79 Å². The first kappa shape index (κ1) is 18.7. The number of nitrogens with zero attached hydrogens (tertiary/aromatic N) is 1. The van der Waals surface area contributed by atoms with E-state index in [1.165, 1.54) is 12.8 Å². The molecule has 6 nitrogen and oxygen atoms in total. The smallest absolute Gasteiger partial charge is 0.270 e. The third-order valence-corrected chi connectivity index (χ3v) is 5.31. The van der Waals surface area contributed by atoms with Gasteiger partial charge in [-0.15, -0.1) is 0 Å². The summed E-state index contributed by atoms with van der Waals surface area (Å²) in [6.07, 6.45) is 4.60. The van der Waals surface area contributed by atoms with Crippen molar-refractivity contribution in [2.75, 3.05) is 6.61 Å². The van der Waals surface area contributed by atoms with E-state index in [1.807, 2.05) is 6.07 Å². The fraction of sp³-hybridized carbons (Fsp3) is 0.381. The molecule has 0 saturated heterocycles. The molecule has 0 spiro atoms. The summed E-state index contributed by atoms with van der Waals surface area (Å²) in [5, 5.41) is 3.20. The fourth-order valence-corrected chi connectivity index (χ4v) is 3.18. The minimum atomic E-state index is -0.967. The normalized spacial score (nSPS) is 17.0. The van der Waals surface area contributed by atoms with Crippen molar-refractivity contribution in [2.45, 2.75) is 37.6 Å². The number of carbonyl (C=O) groups excluding carboxylic acids is 2. The molecule has 1 heterocycles. The molecule has 3 N–H and O–H groups in total. The molecule has 1 aromatic heterocycles. The maximum Gasteiger partial charge on any atom is 0.270 e. The number of nitrogens with one attached hydrogen (secondary N) is 1. The zero-order chi connectivity index (χ0) is 19.7. The van der Waals surface area contributed by atoms with Gasteiger partial charge in [-0.1, -0.05) is 29.8 Å². The van der Waals surface area contributed by atoms with Crippen LogP contribution in [-0.4, -0.2) is 23.4 Å². The average molecular weight is 400 g/mol. The number of nitrogens with two attached hydrogens (primary N) is 1. The Hall–Kier alpha value is -2.60. The van der Waals surface area contributed by atoms with E-state index in [9.17, 15) is 9.59 Å². The molecule has 2 saturated carbocycles. The lowest BCUT2D eigenvalue weighted by atomic mass is 10.1. The monoisotopic (exact) mass is 399 g/mol. The first-order valence-corrected chi connectivity index (χ1v) is 9.88. The number of carbonyl (C=O) groups is 2. The molecular weight excluding hydrogens is 378 g/mol. The first-order valence-electron chi connectivity index (χ1n) is 9.50. The van der Waals surface area contributed by atoms with Crippen molar-refractivity contribution in [1.82, 2.24) is 10.3 Å². The van der Waals surface area contributed by atoms with E-state index in [2.05, 4.69) is 10.3 Å². The summed E-state index contributed by atoms with van der Waals surface area (Å²) in [5.74, 6) is 0.457. The summed E-state index contributed by atoms with van der Waals surface area (Å²) < 4.78 is 5.91. The zero-order valence-corrected chi connectivity index (χ0v) is 16.1. The number of primary amides is 1. The van der Waals surface area contributed by atoms with Crippen LogP contribution >= 0.6 is 11.6 Å². The van der Waals surface area contributed by atoms with Gasteiger partial charge in [0.15, 0.2) is 0 Å². The van der Waals surface area contributed by atoms with Crippen molar-refractivity contribution in [3.8, 4) is 5.88 Å². The molecular formula is C21H22ClN3O3. The molecule has 2 aliphatic carbocycles. The number of halogens is 1. The standard InChI is InChI=1S/C21H22ClN3O3/c22-15-7-5-14(6-8-15)18(19(23)26)25-20(27)17-10-9-16(13-3-4-13)21(24-17)28-11-12-1-2-12/h5-10,12-13,18H,1-4,11H2,(H2,23,26)(H,25,27)/t18-/m0/s1. The molecule has 2 aromatic rings. The predicted molar refractivity (Wildman–Crippen MR) is 105 cm³/mol. The van der Waals surface area contributed by atoms with Crippen molar-refractivity contribution < 1.29 is 14.3 Å². The van der Waals surface area contributed by atoms with E-state index in [-0.39, 0.29) is 5.69 Å². The van der Waals surface area contributed by atoms with E-state index < -0.39 is 17.9 Å². The van der Waals surface area contributed by atoms with Crippen LogP contribution < -0.4 is 15.8 Å². The number of hydrogen-bond donors (Lipinski definition) is 2. The van der Waals surface area contributed by atoms with E-state index in [0.717, 1.165) is 18.4 Å². The van der Waals surface area contributed by atoms with Crippen molar-refractivity contribution in [2.24, 2.45) is 11.7 Å². The van der Waals surface area contributed by atoms with Gasteiger partial charge >= 0.3 is 0 Å². The predicted octanol–water partition coefficient (Wildman–Crippen LogP) is 3.36. The van der Waals surface area contributed by atoms with Crippen LogP contribution in [0.3, 0.4) is 0 Å². The van der Waals surface area contributed by atoms with Crippen LogP contribution in [0.5, 0.6) is 5.88 Å². The molecule has 146 valence electrons. The lowest BCUT2D eigenvalue weighted by Crippen LogP contribution is -2.37. The topological polar surface area (TPSA) is 94.3 Å². The Bertz CT molecular complexity index is 892. The van der Waals surface area contributed by atoms with E-state index in [4.69, 9.17) is 22.1 Å². The average Bonchev–Trinajstić information content (AvgIpc) is 3.58. The van der Waals surface area contributed by atoms with Gasteiger partial charge in [0.2, 0.25) is 11.8 Å². The zero-order valence-electron chi connectivity index (χ0n) is 15.4. The first-order chi connectivity index (χ1) is 13.5. The van der Waals surface area contributed by atoms with Gasteiger partial charge in [-0.3, -0.25) is 9.59 Å². The van der Waals surface area contributed by atoms with Crippen LogP contribution in [0.2, 0.25) is 5.02 Å². The highest BCUT2D eigenvalue weighted by atomic mass is 35.5. The molecule has 7 heteroatoms. The van der Waals surface area contributed by atoms with Gasteiger partial charge in [0, 0.05) is 10.6 Å². The lowest BCUT2D eigenvalue weighted by molar-refractivity contribution is -0.120. The maximum absolute atomic E-state index is 12.7.